The Morgan fingerprint density at radius 1 is 1.32 bits per heavy atom. The van der Waals surface area contributed by atoms with Gasteiger partial charge in [0.15, 0.2) is 5.82 Å². The van der Waals surface area contributed by atoms with E-state index < -0.39 is 0 Å². The van der Waals surface area contributed by atoms with Crippen LogP contribution in [-0.4, -0.2) is 34.7 Å². The highest BCUT2D eigenvalue weighted by atomic mass is 79.9. The number of ether oxygens (including phenoxy) is 1. The van der Waals surface area contributed by atoms with Crippen LogP contribution in [0.2, 0.25) is 0 Å². The van der Waals surface area contributed by atoms with Crippen LogP contribution in [0.15, 0.2) is 24.4 Å². The third kappa shape index (κ3) is 2.37. The van der Waals surface area contributed by atoms with Crippen molar-refractivity contribution in [1.29, 1.82) is 0 Å². The lowest BCUT2D eigenvalue weighted by Gasteiger charge is -2.35. The van der Waals surface area contributed by atoms with E-state index in [1.165, 1.54) is 5.69 Å². The van der Waals surface area contributed by atoms with Gasteiger partial charge in [0, 0.05) is 24.6 Å². The minimum atomic E-state index is 0.247. The molecule has 1 fully saturated rings. The zero-order valence-corrected chi connectivity index (χ0v) is 12.8. The molecular formula is C14H18BrN3O. The van der Waals surface area contributed by atoms with Crippen LogP contribution in [0.4, 0.5) is 5.82 Å². The van der Waals surface area contributed by atoms with Crippen molar-refractivity contribution in [3.05, 3.63) is 30.1 Å². The molecule has 0 saturated carbocycles. The number of fused-ring (bicyclic) bond motifs is 1. The number of aromatic nitrogens is 2. The maximum Gasteiger partial charge on any atom is 0.152 e. The SMILES string of the molecule is CC1CN(c2nc3ccccn3c2CBr)CC(C)O1. The largest absolute Gasteiger partial charge is 0.372 e. The van der Waals surface area contributed by atoms with Crippen LogP contribution < -0.4 is 4.90 Å². The van der Waals surface area contributed by atoms with Gasteiger partial charge in [-0.2, -0.15) is 0 Å². The third-order valence-corrected chi connectivity index (χ3v) is 3.98. The Morgan fingerprint density at radius 2 is 2.05 bits per heavy atom. The molecule has 0 bridgehead atoms. The van der Waals surface area contributed by atoms with E-state index >= 15 is 0 Å². The lowest BCUT2D eigenvalue weighted by molar-refractivity contribution is -0.00546. The van der Waals surface area contributed by atoms with E-state index in [9.17, 15) is 0 Å². The third-order valence-electron chi connectivity index (χ3n) is 3.45. The molecule has 2 unspecified atom stereocenters. The van der Waals surface area contributed by atoms with Gasteiger partial charge >= 0.3 is 0 Å². The van der Waals surface area contributed by atoms with E-state index in [0.29, 0.717) is 0 Å². The highest BCUT2D eigenvalue weighted by Gasteiger charge is 2.26. The molecular weight excluding hydrogens is 306 g/mol. The average Bonchev–Trinajstić information content (AvgIpc) is 2.76. The molecule has 3 rings (SSSR count). The zero-order valence-electron chi connectivity index (χ0n) is 11.2. The van der Waals surface area contributed by atoms with Gasteiger partial charge in [0.05, 0.1) is 17.9 Å². The monoisotopic (exact) mass is 323 g/mol. The van der Waals surface area contributed by atoms with Crippen LogP contribution >= 0.6 is 15.9 Å². The topological polar surface area (TPSA) is 29.8 Å². The predicted molar refractivity (Wildman–Crippen MR) is 80.0 cm³/mol. The predicted octanol–water partition coefficient (Wildman–Crippen LogP) is 2.84. The van der Waals surface area contributed by atoms with Gasteiger partial charge in [0.25, 0.3) is 0 Å². The van der Waals surface area contributed by atoms with Gasteiger partial charge in [-0.15, -0.1) is 0 Å². The molecule has 1 aliphatic rings. The Hall–Kier alpha value is -1.07. The minimum absolute atomic E-state index is 0.247. The number of imidazole rings is 1. The maximum atomic E-state index is 5.80. The normalized spacial score (nSPS) is 24.1. The Morgan fingerprint density at radius 3 is 2.74 bits per heavy atom. The quantitative estimate of drug-likeness (QED) is 0.796. The van der Waals surface area contributed by atoms with Crippen molar-refractivity contribution < 1.29 is 4.74 Å². The summed E-state index contributed by atoms with van der Waals surface area (Å²) in [6.07, 6.45) is 2.56. The molecule has 1 aliphatic heterocycles. The lowest BCUT2D eigenvalue weighted by atomic mass is 10.2. The van der Waals surface area contributed by atoms with Crippen molar-refractivity contribution in [2.45, 2.75) is 31.4 Å². The number of anilines is 1. The summed E-state index contributed by atoms with van der Waals surface area (Å²) >= 11 is 3.59. The first-order valence-electron chi connectivity index (χ1n) is 6.61. The molecule has 2 atom stereocenters. The highest BCUT2D eigenvalue weighted by molar-refractivity contribution is 9.08. The first kappa shape index (κ1) is 12.9. The van der Waals surface area contributed by atoms with E-state index in [0.717, 1.165) is 29.9 Å². The summed E-state index contributed by atoms with van der Waals surface area (Å²) in [7, 11) is 0. The van der Waals surface area contributed by atoms with Gasteiger partial charge in [0.2, 0.25) is 0 Å². The van der Waals surface area contributed by atoms with Crippen molar-refractivity contribution >= 4 is 27.4 Å². The second-order valence-electron chi connectivity index (χ2n) is 5.11. The molecule has 0 aromatic carbocycles. The van der Waals surface area contributed by atoms with Crippen molar-refractivity contribution in [2.75, 3.05) is 18.0 Å². The van der Waals surface area contributed by atoms with Gasteiger partial charge in [-0.05, 0) is 26.0 Å². The number of nitrogens with zero attached hydrogens (tertiary/aromatic N) is 3. The fourth-order valence-electron chi connectivity index (χ4n) is 2.76. The summed E-state index contributed by atoms with van der Waals surface area (Å²) in [6, 6.07) is 6.10. The second-order valence-corrected chi connectivity index (χ2v) is 5.67. The molecule has 0 spiro atoms. The van der Waals surface area contributed by atoms with Crippen molar-refractivity contribution in [3.63, 3.8) is 0 Å². The lowest BCUT2D eigenvalue weighted by Crippen LogP contribution is -2.46. The molecule has 0 radical (unpaired) electrons. The maximum absolute atomic E-state index is 5.80. The van der Waals surface area contributed by atoms with E-state index in [2.05, 4.69) is 45.3 Å². The van der Waals surface area contributed by atoms with Gasteiger partial charge in [-0.1, -0.05) is 22.0 Å². The Balaban J connectivity index is 2.04. The summed E-state index contributed by atoms with van der Waals surface area (Å²) in [5, 5.41) is 0.799. The van der Waals surface area contributed by atoms with E-state index in [4.69, 9.17) is 9.72 Å². The zero-order chi connectivity index (χ0) is 13.4. The summed E-state index contributed by atoms with van der Waals surface area (Å²) < 4.78 is 7.95. The minimum Gasteiger partial charge on any atom is -0.372 e. The Kier molecular flexibility index (Phi) is 3.50. The second kappa shape index (κ2) is 5.13. The van der Waals surface area contributed by atoms with Crippen LogP contribution in [0.1, 0.15) is 19.5 Å². The molecule has 2 aromatic rings. The number of halogens is 1. The first-order chi connectivity index (χ1) is 9.19. The van der Waals surface area contributed by atoms with Crippen LogP contribution in [0.5, 0.6) is 0 Å². The van der Waals surface area contributed by atoms with Gasteiger partial charge < -0.3 is 14.0 Å². The summed E-state index contributed by atoms with van der Waals surface area (Å²) in [5.41, 5.74) is 2.20. The van der Waals surface area contributed by atoms with E-state index in [-0.39, 0.29) is 12.2 Å². The van der Waals surface area contributed by atoms with Crippen molar-refractivity contribution in [2.24, 2.45) is 0 Å². The smallest absolute Gasteiger partial charge is 0.152 e. The Bertz CT molecular complexity index is 573. The van der Waals surface area contributed by atoms with Gasteiger partial charge in [-0.3, -0.25) is 0 Å². The van der Waals surface area contributed by atoms with Crippen molar-refractivity contribution in [3.8, 4) is 0 Å². The van der Waals surface area contributed by atoms with Crippen LogP contribution in [0.25, 0.3) is 5.65 Å². The number of pyridine rings is 1. The number of hydrogen-bond donors (Lipinski definition) is 0. The summed E-state index contributed by atoms with van der Waals surface area (Å²) in [4.78, 5) is 7.12. The molecule has 3 heterocycles. The van der Waals surface area contributed by atoms with Crippen LogP contribution in [0.3, 0.4) is 0 Å². The molecule has 102 valence electrons. The number of rotatable bonds is 2. The van der Waals surface area contributed by atoms with Gasteiger partial charge in [-0.25, -0.2) is 4.98 Å². The fraction of sp³-hybridized carbons (Fsp3) is 0.500. The summed E-state index contributed by atoms with van der Waals surface area (Å²) in [6.45, 7) is 6.03. The molecule has 1 saturated heterocycles. The number of morpholine rings is 1. The molecule has 5 heteroatoms. The van der Waals surface area contributed by atoms with Crippen LogP contribution in [-0.2, 0) is 10.1 Å². The molecule has 0 aliphatic carbocycles. The summed E-state index contributed by atoms with van der Waals surface area (Å²) in [5.74, 6) is 1.07. The molecule has 19 heavy (non-hydrogen) atoms. The number of alkyl halides is 1. The fourth-order valence-corrected chi connectivity index (χ4v) is 3.28. The van der Waals surface area contributed by atoms with Crippen LogP contribution in [0, 0.1) is 0 Å². The standard InChI is InChI=1S/C14H18BrN3O/c1-10-8-17(9-11(2)19-10)14-12(7-15)18-6-4-3-5-13(18)16-14/h3-6,10-11H,7-9H2,1-2H3. The first-order valence-corrected chi connectivity index (χ1v) is 7.73. The number of hydrogen-bond acceptors (Lipinski definition) is 3. The molecule has 0 amide bonds. The molecule has 0 N–H and O–H groups in total. The van der Waals surface area contributed by atoms with Gasteiger partial charge in [0.1, 0.15) is 5.65 Å². The Labute approximate surface area is 121 Å². The van der Waals surface area contributed by atoms with Crippen molar-refractivity contribution in [1.82, 2.24) is 9.38 Å². The highest BCUT2D eigenvalue weighted by Crippen LogP contribution is 2.26. The average molecular weight is 324 g/mol. The van der Waals surface area contributed by atoms with E-state index in [1.807, 2.05) is 18.2 Å². The molecule has 2 aromatic heterocycles. The van der Waals surface area contributed by atoms with E-state index in [1.54, 1.807) is 0 Å². The molecule has 4 nitrogen and oxygen atoms in total.